The minimum atomic E-state index is -0.337. The van der Waals surface area contributed by atoms with Gasteiger partial charge < -0.3 is 28.4 Å². The lowest BCUT2D eigenvalue weighted by Crippen LogP contribution is -2.02. The molecule has 0 aliphatic carbocycles. The third kappa shape index (κ3) is 23.7. The van der Waals surface area contributed by atoms with Gasteiger partial charge in [-0.25, -0.2) is 29.5 Å². The maximum absolute atomic E-state index is 11.1. The van der Waals surface area contributed by atoms with Gasteiger partial charge >= 0.3 is 11.9 Å². The molecule has 3 aromatic carbocycles. The Labute approximate surface area is 435 Å². The van der Waals surface area contributed by atoms with Gasteiger partial charge in [0.2, 0.25) is 0 Å². The minimum absolute atomic E-state index is 0.337. The van der Waals surface area contributed by atoms with Crippen LogP contribution in [-0.4, -0.2) is 58.3 Å². The lowest BCUT2D eigenvalue weighted by molar-refractivity contribution is -0.138. The van der Waals surface area contributed by atoms with E-state index in [1.54, 1.807) is 24.8 Å². The topological polar surface area (TPSA) is 141 Å². The molecule has 0 bridgehead atoms. The molecule has 0 atom stereocenters. The molecule has 0 N–H and O–H groups in total. The van der Waals surface area contributed by atoms with Crippen molar-refractivity contribution in [3.8, 4) is 45.8 Å². The number of rotatable bonds is 40. The summed E-state index contributed by atoms with van der Waals surface area (Å²) < 4.78 is 34.7. The number of carbonyl (C=O) groups excluding carboxylic acids is 2. The molecule has 12 nitrogen and oxygen atoms in total. The van der Waals surface area contributed by atoms with Crippen molar-refractivity contribution in [2.45, 2.75) is 161 Å². The molecule has 392 valence electrons. The van der Waals surface area contributed by atoms with E-state index in [4.69, 9.17) is 28.4 Å². The lowest BCUT2D eigenvalue weighted by atomic mass is 10.1. The van der Waals surface area contributed by atoms with Crippen LogP contribution in [0.5, 0.6) is 23.0 Å². The number of carbonyl (C=O) groups is 2. The second kappa shape index (κ2) is 35.5. The normalized spacial score (nSPS) is 10.9. The van der Waals surface area contributed by atoms with Gasteiger partial charge in [-0.05, 0) is 60.9 Å². The van der Waals surface area contributed by atoms with Crippen molar-refractivity contribution in [2.75, 3.05) is 26.4 Å². The van der Waals surface area contributed by atoms with Crippen LogP contribution in [-0.2, 0) is 38.7 Å². The smallest absolute Gasteiger partial charge is 0.330 e. The van der Waals surface area contributed by atoms with Crippen molar-refractivity contribution in [2.24, 2.45) is 0 Å². The maximum atomic E-state index is 11.1. The van der Waals surface area contributed by atoms with Crippen LogP contribution in [0.15, 0.2) is 117 Å². The van der Waals surface area contributed by atoms with Crippen LogP contribution in [0.4, 0.5) is 0 Å². The maximum Gasteiger partial charge on any atom is 0.330 e. The number of aryl methyl sites for hydroxylation is 1. The molecular formula is C61H80N4O8. The first-order chi connectivity index (χ1) is 35.9. The van der Waals surface area contributed by atoms with Crippen LogP contribution >= 0.6 is 0 Å². The zero-order valence-corrected chi connectivity index (χ0v) is 43.6. The largest absolute Gasteiger partial charge is 0.490 e. The summed E-state index contributed by atoms with van der Waals surface area (Å²) in [5.41, 5.74) is 5.10. The molecule has 0 amide bonds. The molecule has 5 aromatic rings. The number of ether oxygens (including phenoxy) is 6. The highest BCUT2D eigenvalue weighted by molar-refractivity contribution is 5.81. The molecule has 0 aliphatic rings. The van der Waals surface area contributed by atoms with Crippen molar-refractivity contribution in [3.05, 3.63) is 134 Å². The molecule has 73 heavy (non-hydrogen) atoms. The first-order valence-corrected chi connectivity index (χ1v) is 27.0. The van der Waals surface area contributed by atoms with Crippen LogP contribution in [0.3, 0.4) is 0 Å². The summed E-state index contributed by atoms with van der Waals surface area (Å²) in [6.45, 7) is 12.1. The summed E-state index contributed by atoms with van der Waals surface area (Å²) in [5, 5.41) is 0. The van der Waals surface area contributed by atoms with Gasteiger partial charge in [-0.15, -0.1) is 0 Å². The standard InChI is InChI=1S/C61H80N4O8/c1-4-27-49-32-37-56(72-47-50-28-33-52(34-29-50)60-62-43-54(44-63-60)68-38-23-19-15-11-7-9-13-17-21-25-40-70-58(66)5-2)57(42-49)73-48-51-30-35-53(36-31-51)61-64-45-55(46-65-61)69-39-24-20-16-12-8-10-14-18-22-26-41-71-59(67)6-3/h5-6,28-37,42-46H,2-4,7-27,38-41,47-48H2,1H3. The molecule has 5 rings (SSSR count). The van der Waals surface area contributed by atoms with Gasteiger partial charge in [0, 0.05) is 23.3 Å². The van der Waals surface area contributed by atoms with Gasteiger partial charge in [-0.1, -0.05) is 184 Å². The number of aromatic nitrogens is 4. The third-order valence-electron chi connectivity index (χ3n) is 12.5. The van der Waals surface area contributed by atoms with E-state index >= 15 is 0 Å². The summed E-state index contributed by atoms with van der Waals surface area (Å²) in [7, 11) is 0. The second-order valence-electron chi connectivity index (χ2n) is 18.5. The van der Waals surface area contributed by atoms with E-state index < -0.39 is 0 Å². The Hall–Kier alpha value is -6.56. The Balaban J connectivity index is 0.949. The van der Waals surface area contributed by atoms with Crippen molar-refractivity contribution in [1.29, 1.82) is 0 Å². The zero-order valence-electron chi connectivity index (χ0n) is 43.6. The van der Waals surface area contributed by atoms with E-state index in [2.05, 4.69) is 52.2 Å². The monoisotopic (exact) mass is 997 g/mol. The molecule has 2 aromatic heterocycles. The molecule has 0 saturated carbocycles. The third-order valence-corrected chi connectivity index (χ3v) is 12.5. The van der Waals surface area contributed by atoms with Crippen LogP contribution in [0.2, 0.25) is 0 Å². The van der Waals surface area contributed by atoms with Crippen LogP contribution in [0.25, 0.3) is 22.8 Å². The average molecular weight is 997 g/mol. The molecule has 0 saturated heterocycles. The van der Waals surface area contributed by atoms with Crippen LogP contribution in [0.1, 0.15) is 158 Å². The number of nitrogens with zero attached hydrogens (tertiary/aromatic N) is 4. The van der Waals surface area contributed by atoms with Gasteiger partial charge in [0.15, 0.2) is 34.6 Å². The highest BCUT2D eigenvalue weighted by atomic mass is 16.5. The van der Waals surface area contributed by atoms with Gasteiger partial charge in [-0.3, -0.25) is 0 Å². The molecular weight excluding hydrogens is 917 g/mol. The predicted octanol–water partition coefficient (Wildman–Crippen LogP) is 14.7. The Kier molecular flexibility index (Phi) is 27.9. The predicted molar refractivity (Wildman–Crippen MR) is 290 cm³/mol. The summed E-state index contributed by atoms with van der Waals surface area (Å²) >= 11 is 0. The van der Waals surface area contributed by atoms with Crippen LogP contribution < -0.4 is 18.9 Å². The number of esters is 2. The highest BCUT2D eigenvalue weighted by Gasteiger charge is 2.11. The minimum Gasteiger partial charge on any atom is -0.490 e. The average Bonchev–Trinajstić information content (AvgIpc) is 3.42. The fourth-order valence-electron chi connectivity index (χ4n) is 8.21. The Bertz CT molecular complexity index is 2300. The zero-order chi connectivity index (χ0) is 51.4. The van der Waals surface area contributed by atoms with Gasteiger partial charge in [0.1, 0.15) is 13.2 Å². The summed E-state index contributed by atoms with van der Waals surface area (Å²) in [4.78, 5) is 40.4. The van der Waals surface area contributed by atoms with Crippen molar-refractivity contribution < 1.29 is 38.0 Å². The first kappa shape index (κ1) is 57.3. The summed E-state index contributed by atoms with van der Waals surface area (Å²) in [5.74, 6) is 3.40. The lowest BCUT2D eigenvalue weighted by Gasteiger charge is -2.15. The van der Waals surface area contributed by atoms with Crippen molar-refractivity contribution >= 4 is 11.9 Å². The Morgan fingerprint density at radius 1 is 0.425 bits per heavy atom. The number of unbranched alkanes of at least 4 members (excludes halogenated alkanes) is 18. The van der Waals surface area contributed by atoms with Gasteiger partial charge in [0.25, 0.3) is 0 Å². The summed E-state index contributed by atoms with van der Waals surface area (Å²) in [6.07, 6.45) is 34.6. The van der Waals surface area contributed by atoms with E-state index in [1.165, 1.54) is 94.8 Å². The molecule has 12 heteroatoms. The Morgan fingerprint density at radius 2 is 0.767 bits per heavy atom. The van der Waals surface area contributed by atoms with Crippen molar-refractivity contribution in [3.63, 3.8) is 0 Å². The quantitative estimate of drug-likeness (QED) is 0.0209. The second-order valence-corrected chi connectivity index (χ2v) is 18.5. The van der Waals surface area contributed by atoms with E-state index in [9.17, 15) is 9.59 Å². The van der Waals surface area contributed by atoms with E-state index in [0.717, 1.165) is 86.5 Å². The summed E-state index contributed by atoms with van der Waals surface area (Å²) in [6, 6.07) is 22.5. The van der Waals surface area contributed by atoms with Crippen LogP contribution in [0, 0.1) is 0 Å². The van der Waals surface area contributed by atoms with E-state index in [1.807, 2.05) is 54.6 Å². The van der Waals surface area contributed by atoms with Crippen molar-refractivity contribution in [1.82, 2.24) is 19.9 Å². The molecule has 0 aliphatic heterocycles. The van der Waals surface area contributed by atoms with E-state index in [0.29, 0.717) is 74.3 Å². The fourth-order valence-corrected chi connectivity index (χ4v) is 8.21. The number of hydrogen-bond donors (Lipinski definition) is 0. The molecule has 0 fully saturated rings. The molecule has 0 radical (unpaired) electrons. The SMILES string of the molecule is C=CC(=O)OCCCCCCCCCCCCOc1cnc(-c2ccc(COc3ccc(CCC)cc3OCc3ccc(-c4ncc(OCCCCCCCCCCCCOC(=O)C=C)cn4)cc3)cc2)nc1. The number of hydrogen-bond acceptors (Lipinski definition) is 12. The Morgan fingerprint density at radius 3 is 1.14 bits per heavy atom. The number of benzene rings is 3. The molecule has 0 spiro atoms. The molecule has 2 heterocycles. The van der Waals surface area contributed by atoms with Gasteiger partial charge in [0.05, 0.1) is 51.2 Å². The first-order valence-electron chi connectivity index (χ1n) is 27.0. The van der Waals surface area contributed by atoms with Gasteiger partial charge in [-0.2, -0.15) is 0 Å². The highest BCUT2D eigenvalue weighted by Crippen LogP contribution is 2.31. The van der Waals surface area contributed by atoms with E-state index in [-0.39, 0.29) is 11.9 Å². The molecule has 0 unspecified atom stereocenters. The fraction of sp³-hybridized carbons (Fsp3) is 0.475.